The molecule has 6 nitrogen and oxygen atoms in total. The van der Waals surface area contributed by atoms with Gasteiger partial charge in [-0.15, -0.1) is 0 Å². The molecule has 3 rings (SSSR count). The number of aromatic nitrogens is 2. The van der Waals surface area contributed by atoms with Gasteiger partial charge in [0.05, 0.1) is 7.11 Å². The first-order chi connectivity index (χ1) is 12.7. The largest absolute Gasteiger partial charge is 0.497 e. The third kappa shape index (κ3) is 4.27. The highest BCUT2D eigenvalue weighted by atomic mass is 16.5. The molecule has 0 radical (unpaired) electrons. The van der Waals surface area contributed by atoms with Crippen molar-refractivity contribution in [3.8, 4) is 17.1 Å². The summed E-state index contributed by atoms with van der Waals surface area (Å²) >= 11 is 0. The summed E-state index contributed by atoms with van der Waals surface area (Å²) in [5.74, 6) is 1.63. The number of rotatable bonds is 7. The van der Waals surface area contributed by atoms with Gasteiger partial charge < -0.3 is 14.6 Å². The Morgan fingerprint density at radius 3 is 2.65 bits per heavy atom. The fourth-order valence-electron chi connectivity index (χ4n) is 2.60. The number of hydrogen-bond acceptors (Lipinski definition) is 5. The molecule has 1 N–H and O–H groups in total. The van der Waals surface area contributed by atoms with Crippen molar-refractivity contribution in [2.45, 2.75) is 26.2 Å². The number of carbonyl (C=O) groups excluding carboxylic acids is 1. The van der Waals surface area contributed by atoms with Gasteiger partial charge in [-0.25, -0.2) is 0 Å². The molecule has 1 amide bonds. The lowest BCUT2D eigenvalue weighted by molar-refractivity contribution is -0.116. The number of benzene rings is 2. The molecule has 0 saturated heterocycles. The number of nitrogens with one attached hydrogen (secondary N) is 1. The Hall–Kier alpha value is -3.15. The summed E-state index contributed by atoms with van der Waals surface area (Å²) in [5.41, 5.74) is 2.80. The Morgan fingerprint density at radius 1 is 1.15 bits per heavy atom. The summed E-state index contributed by atoms with van der Waals surface area (Å²) < 4.78 is 10.4. The van der Waals surface area contributed by atoms with Crippen LogP contribution >= 0.6 is 0 Å². The number of ether oxygens (including phenoxy) is 1. The zero-order chi connectivity index (χ0) is 18.4. The molecule has 1 aromatic heterocycles. The van der Waals surface area contributed by atoms with E-state index in [9.17, 15) is 4.79 Å². The minimum atomic E-state index is -0.0740. The second-order valence-corrected chi connectivity index (χ2v) is 5.80. The van der Waals surface area contributed by atoms with Crippen LogP contribution in [-0.4, -0.2) is 23.2 Å². The van der Waals surface area contributed by atoms with E-state index in [-0.39, 0.29) is 12.3 Å². The van der Waals surface area contributed by atoms with Gasteiger partial charge in [0, 0.05) is 24.1 Å². The molecule has 0 bridgehead atoms. The standard InChI is InChI=1S/C20H21N3O3/c1-3-14-6-4-5-7-17(14)21-18(24)12-13-19-22-20(23-26-19)15-8-10-16(25-2)11-9-15/h4-11H,3,12-13H2,1-2H3,(H,21,24). The highest BCUT2D eigenvalue weighted by Gasteiger charge is 2.12. The molecule has 0 aliphatic heterocycles. The van der Waals surface area contributed by atoms with E-state index in [0.29, 0.717) is 18.1 Å². The molecule has 2 aromatic carbocycles. The predicted molar refractivity (Wildman–Crippen MR) is 99.1 cm³/mol. The normalized spacial score (nSPS) is 10.5. The number of carbonyl (C=O) groups is 1. The maximum absolute atomic E-state index is 12.2. The second kappa shape index (κ2) is 8.29. The first kappa shape index (κ1) is 17.7. The number of anilines is 1. The average Bonchev–Trinajstić information content (AvgIpc) is 3.16. The van der Waals surface area contributed by atoms with Crippen molar-refractivity contribution < 1.29 is 14.1 Å². The third-order valence-corrected chi connectivity index (χ3v) is 4.05. The van der Waals surface area contributed by atoms with Crippen LogP contribution in [0.2, 0.25) is 0 Å². The molecule has 6 heteroatoms. The fourth-order valence-corrected chi connectivity index (χ4v) is 2.60. The zero-order valence-electron chi connectivity index (χ0n) is 14.9. The van der Waals surface area contributed by atoms with E-state index in [0.717, 1.165) is 29.0 Å². The topological polar surface area (TPSA) is 77.2 Å². The molecule has 1 heterocycles. The Labute approximate surface area is 152 Å². The highest BCUT2D eigenvalue weighted by Crippen LogP contribution is 2.20. The van der Waals surface area contributed by atoms with Gasteiger partial charge in [0.25, 0.3) is 0 Å². The van der Waals surface area contributed by atoms with Gasteiger partial charge in [-0.2, -0.15) is 4.98 Å². The number of para-hydroxylation sites is 1. The SMILES string of the molecule is CCc1ccccc1NC(=O)CCc1nc(-c2ccc(OC)cc2)no1. The van der Waals surface area contributed by atoms with Crippen molar-refractivity contribution in [1.82, 2.24) is 10.1 Å². The summed E-state index contributed by atoms with van der Waals surface area (Å²) in [7, 11) is 1.62. The van der Waals surface area contributed by atoms with Crippen molar-refractivity contribution >= 4 is 11.6 Å². The first-order valence-corrected chi connectivity index (χ1v) is 8.54. The van der Waals surface area contributed by atoms with E-state index < -0.39 is 0 Å². The van der Waals surface area contributed by atoms with Crippen molar-refractivity contribution in [2.75, 3.05) is 12.4 Å². The summed E-state index contributed by atoms with van der Waals surface area (Å²) in [6, 6.07) is 15.2. The van der Waals surface area contributed by atoms with Crippen LogP contribution in [-0.2, 0) is 17.6 Å². The minimum Gasteiger partial charge on any atom is -0.497 e. The molecule has 0 aliphatic rings. The Morgan fingerprint density at radius 2 is 1.92 bits per heavy atom. The predicted octanol–water partition coefficient (Wildman–Crippen LogP) is 3.88. The van der Waals surface area contributed by atoms with Crippen molar-refractivity contribution in [2.24, 2.45) is 0 Å². The monoisotopic (exact) mass is 351 g/mol. The molecular weight excluding hydrogens is 330 g/mol. The molecule has 0 spiro atoms. The van der Waals surface area contributed by atoms with Crippen LogP contribution in [0, 0.1) is 0 Å². The Bertz CT molecular complexity index is 872. The molecule has 0 aliphatic carbocycles. The maximum atomic E-state index is 12.2. The third-order valence-electron chi connectivity index (χ3n) is 4.05. The van der Waals surface area contributed by atoms with Gasteiger partial charge in [-0.1, -0.05) is 30.3 Å². The molecule has 0 unspecified atom stereocenters. The molecule has 0 saturated carbocycles. The van der Waals surface area contributed by atoms with Crippen LogP contribution in [0.15, 0.2) is 53.1 Å². The van der Waals surface area contributed by atoms with E-state index in [1.165, 1.54) is 0 Å². The van der Waals surface area contributed by atoms with Crippen LogP contribution in [0.3, 0.4) is 0 Å². The number of nitrogens with zero attached hydrogens (tertiary/aromatic N) is 2. The highest BCUT2D eigenvalue weighted by molar-refractivity contribution is 5.91. The van der Waals surface area contributed by atoms with Crippen LogP contribution in [0.1, 0.15) is 24.8 Å². The molecule has 3 aromatic rings. The van der Waals surface area contributed by atoms with E-state index in [4.69, 9.17) is 9.26 Å². The fraction of sp³-hybridized carbons (Fsp3) is 0.250. The van der Waals surface area contributed by atoms with Gasteiger partial charge in [0.15, 0.2) is 0 Å². The van der Waals surface area contributed by atoms with Gasteiger partial charge in [0.1, 0.15) is 5.75 Å². The Kier molecular flexibility index (Phi) is 5.63. The number of hydrogen-bond donors (Lipinski definition) is 1. The van der Waals surface area contributed by atoms with Crippen LogP contribution < -0.4 is 10.1 Å². The zero-order valence-corrected chi connectivity index (χ0v) is 14.9. The maximum Gasteiger partial charge on any atom is 0.227 e. The average molecular weight is 351 g/mol. The summed E-state index contributed by atoms with van der Waals surface area (Å²) in [6.07, 6.45) is 1.54. The lowest BCUT2D eigenvalue weighted by atomic mass is 10.1. The number of amides is 1. The van der Waals surface area contributed by atoms with Crippen molar-refractivity contribution in [1.29, 1.82) is 0 Å². The van der Waals surface area contributed by atoms with E-state index >= 15 is 0 Å². The summed E-state index contributed by atoms with van der Waals surface area (Å²) in [6.45, 7) is 2.06. The van der Waals surface area contributed by atoms with Gasteiger partial charge in [-0.05, 0) is 42.3 Å². The van der Waals surface area contributed by atoms with Gasteiger partial charge in [-0.3, -0.25) is 4.79 Å². The first-order valence-electron chi connectivity index (χ1n) is 8.54. The Balaban J connectivity index is 1.58. The van der Waals surface area contributed by atoms with E-state index in [1.807, 2.05) is 48.5 Å². The quantitative estimate of drug-likeness (QED) is 0.699. The van der Waals surface area contributed by atoms with Crippen LogP contribution in [0.4, 0.5) is 5.69 Å². The molecule has 0 atom stereocenters. The molecule has 134 valence electrons. The van der Waals surface area contributed by atoms with Gasteiger partial charge in [0.2, 0.25) is 17.6 Å². The summed E-state index contributed by atoms with van der Waals surface area (Å²) in [4.78, 5) is 16.5. The van der Waals surface area contributed by atoms with E-state index in [2.05, 4.69) is 22.4 Å². The van der Waals surface area contributed by atoms with Crippen LogP contribution in [0.5, 0.6) is 5.75 Å². The molecule has 26 heavy (non-hydrogen) atoms. The van der Waals surface area contributed by atoms with Crippen LogP contribution in [0.25, 0.3) is 11.4 Å². The number of methoxy groups -OCH3 is 1. The van der Waals surface area contributed by atoms with E-state index in [1.54, 1.807) is 7.11 Å². The molecule has 0 fully saturated rings. The second-order valence-electron chi connectivity index (χ2n) is 5.80. The smallest absolute Gasteiger partial charge is 0.227 e. The lowest BCUT2D eigenvalue weighted by Crippen LogP contribution is -2.13. The van der Waals surface area contributed by atoms with Crippen molar-refractivity contribution in [3.05, 3.63) is 60.0 Å². The minimum absolute atomic E-state index is 0.0740. The number of aryl methyl sites for hydroxylation is 2. The lowest BCUT2D eigenvalue weighted by Gasteiger charge is -2.08. The van der Waals surface area contributed by atoms with Crippen molar-refractivity contribution in [3.63, 3.8) is 0 Å². The summed E-state index contributed by atoms with van der Waals surface area (Å²) in [5, 5.41) is 6.91. The van der Waals surface area contributed by atoms with Gasteiger partial charge >= 0.3 is 0 Å². The molecular formula is C20H21N3O3.